The van der Waals surface area contributed by atoms with Crippen LogP contribution in [-0.4, -0.2) is 72.7 Å². The van der Waals surface area contributed by atoms with Gasteiger partial charge in [0.15, 0.2) is 0 Å². The first-order chi connectivity index (χ1) is 16.1. The van der Waals surface area contributed by atoms with E-state index < -0.39 is 0 Å². The van der Waals surface area contributed by atoms with E-state index in [9.17, 15) is 14.7 Å². The van der Waals surface area contributed by atoms with Crippen molar-refractivity contribution in [2.75, 3.05) is 50.8 Å². The van der Waals surface area contributed by atoms with Crippen molar-refractivity contribution in [1.82, 2.24) is 9.80 Å². The van der Waals surface area contributed by atoms with E-state index in [-0.39, 0.29) is 18.4 Å². The topological polar surface area (TPSA) is 97.1 Å². The predicted octanol–water partition coefficient (Wildman–Crippen LogP) is 1.85. The van der Waals surface area contributed by atoms with Crippen LogP contribution in [0.1, 0.15) is 18.1 Å². The van der Waals surface area contributed by atoms with Gasteiger partial charge in [-0.25, -0.2) is 4.90 Å². The van der Waals surface area contributed by atoms with Crippen molar-refractivity contribution in [2.45, 2.75) is 6.92 Å². The van der Waals surface area contributed by atoms with E-state index in [0.29, 0.717) is 73.2 Å². The summed E-state index contributed by atoms with van der Waals surface area (Å²) < 4.78 is 5.52. The highest BCUT2D eigenvalue weighted by Gasteiger charge is 2.43. The number of nitriles is 1. The summed E-state index contributed by atoms with van der Waals surface area (Å²) in [5.41, 5.74) is 2.29. The SMILES string of the molecule is CCOc1ccc(C2=C(N3CCN(CCO)CC3)C(=O)N(c3ccc(C#N)cc3)C2=O)cc1. The first-order valence-electron chi connectivity index (χ1n) is 11.0. The van der Waals surface area contributed by atoms with Crippen LogP contribution in [0, 0.1) is 11.3 Å². The molecule has 2 amide bonds. The molecule has 33 heavy (non-hydrogen) atoms. The highest BCUT2D eigenvalue weighted by atomic mass is 16.5. The van der Waals surface area contributed by atoms with Crippen LogP contribution < -0.4 is 9.64 Å². The predicted molar refractivity (Wildman–Crippen MR) is 123 cm³/mol. The van der Waals surface area contributed by atoms with E-state index in [0.717, 1.165) is 0 Å². The molecule has 1 saturated heterocycles. The van der Waals surface area contributed by atoms with E-state index in [1.807, 2.05) is 11.8 Å². The second-order valence-electron chi connectivity index (χ2n) is 7.84. The standard InChI is InChI=1S/C25H26N4O4/c1-2-33-21-9-5-19(6-10-21)22-23(28-13-11-27(12-14-28)15-16-30)25(32)29(24(22)31)20-7-3-18(17-26)4-8-20/h3-10,30H,2,11-16H2,1H3. The Hall–Kier alpha value is -3.67. The molecular weight excluding hydrogens is 420 g/mol. The number of imide groups is 1. The number of amides is 2. The van der Waals surface area contributed by atoms with Gasteiger partial charge in [0, 0.05) is 32.7 Å². The second-order valence-corrected chi connectivity index (χ2v) is 7.84. The summed E-state index contributed by atoms with van der Waals surface area (Å²) >= 11 is 0. The minimum atomic E-state index is -0.387. The first kappa shape index (κ1) is 22.5. The Morgan fingerprint density at radius 3 is 2.21 bits per heavy atom. The Bertz CT molecular complexity index is 1090. The molecular formula is C25H26N4O4. The number of rotatable bonds is 7. The smallest absolute Gasteiger partial charge is 0.282 e. The van der Waals surface area contributed by atoms with Crippen LogP contribution in [0.2, 0.25) is 0 Å². The van der Waals surface area contributed by atoms with E-state index in [2.05, 4.69) is 11.0 Å². The van der Waals surface area contributed by atoms with Gasteiger partial charge in [-0.15, -0.1) is 0 Å². The zero-order chi connectivity index (χ0) is 23.4. The Morgan fingerprint density at radius 2 is 1.64 bits per heavy atom. The highest BCUT2D eigenvalue weighted by Crippen LogP contribution is 2.35. The van der Waals surface area contributed by atoms with Crippen molar-refractivity contribution in [3.8, 4) is 11.8 Å². The second kappa shape index (κ2) is 9.86. The van der Waals surface area contributed by atoms with Crippen molar-refractivity contribution in [3.05, 3.63) is 65.4 Å². The largest absolute Gasteiger partial charge is 0.494 e. The Morgan fingerprint density at radius 1 is 0.970 bits per heavy atom. The molecule has 1 N–H and O–H groups in total. The van der Waals surface area contributed by atoms with Crippen LogP contribution in [0.4, 0.5) is 5.69 Å². The number of nitrogens with zero attached hydrogens (tertiary/aromatic N) is 4. The molecule has 4 rings (SSSR count). The molecule has 0 aliphatic carbocycles. The number of piperazine rings is 1. The molecule has 0 atom stereocenters. The fourth-order valence-corrected chi connectivity index (χ4v) is 4.21. The zero-order valence-electron chi connectivity index (χ0n) is 18.5. The minimum Gasteiger partial charge on any atom is -0.494 e. The third-order valence-corrected chi connectivity index (χ3v) is 5.87. The Balaban J connectivity index is 1.71. The van der Waals surface area contributed by atoms with Crippen LogP contribution in [0.15, 0.2) is 54.2 Å². The first-order valence-corrected chi connectivity index (χ1v) is 11.0. The molecule has 0 radical (unpaired) electrons. The number of anilines is 1. The summed E-state index contributed by atoms with van der Waals surface area (Å²) in [5, 5.41) is 18.3. The van der Waals surface area contributed by atoms with Gasteiger partial charge in [-0.05, 0) is 48.9 Å². The normalized spacial score (nSPS) is 17.0. The van der Waals surface area contributed by atoms with Crippen molar-refractivity contribution in [2.24, 2.45) is 0 Å². The average molecular weight is 447 g/mol. The molecule has 2 aromatic carbocycles. The lowest BCUT2D eigenvalue weighted by Gasteiger charge is -2.36. The number of carbonyl (C=O) groups is 2. The fourth-order valence-electron chi connectivity index (χ4n) is 4.21. The summed E-state index contributed by atoms with van der Waals surface area (Å²) in [4.78, 5) is 32.5. The van der Waals surface area contributed by atoms with Crippen molar-refractivity contribution < 1.29 is 19.4 Å². The van der Waals surface area contributed by atoms with Gasteiger partial charge in [-0.2, -0.15) is 5.26 Å². The van der Waals surface area contributed by atoms with Gasteiger partial charge < -0.3 is 14.7 Å². The highest BCUT2D eigenvalue weighted by molar-refractivity contribution is 6.45. The number of β-amino-alcohol motifs (C(OH)–C–C–N with tert-alkyl or cyclic N) is 1. The monoisotopic (exact) mass is 446 g/mol. The lowest BCUT2D eigenvalue weighted by molar-refractivity contribution is -0.120. The lowest BCUT2D eigenvalue weighted by atomic mass is 10.0. The molecule has 8 nitrogen and oxygen atoms in total. The average Bonchev–Trinajstić information content (AvgIpc) is 3.10. The van der Waals surface area contributed by atoms with E-state index in [1.54, 1.807) is 48.5 Å². The summed E-state index contributed by atoms with van der Waals surface area (Å²) in [7, 11) is 0. The number of ether oxygens (including phenoxy) is 1. The molecule has 2 aliphatic heterocycles. The number of aliphatic hydroxyl groups is 1. The summed E-state index contributed by atoms with van der Waals surface area (Å²) in [6.45, 7) is 5.66. The fraction of sp³-hybridized carbons (Fsp3) is 0.320. The van der Waals surface area contributed by atoms with Gasteiger partial charge in [0.05, 0.1) is 36.1 Å². The van der Waals surface area contributed by atoms with Crippen LogP contribution >= 0.6 is 0 Å². The van der Waals surface area contributed by atoms with Gasteiger partial charge >= 0.3 is 0 Å². The molecule has 2 heterocycles. The van der Waals surface area contributed by atoms with Gasteiger partial charge in [0.2, 0.25) is 0 Å². The quantitative estimate of drug-likeness (QED) is 0.649. The molecule has 1 fully saturated rings. The van der Waals surface area contributed by atoms with Gasteiger partial charge in [0.25, 0.3) is 11.8 Å². The van der Waals surface area contributed by atoms with Crippen LogP contribution in [-0.2, 0) is 9.59 Å². The van der Waals surface area contributed by atoms with Gasteiger partial charge in [-0.3, -0.25) is 14.5 Å². The van der Waals surface area contributed by atoms with E-state index >= 15 is 0 Å². The lowest BCUT2D eigenvalue weighted by Crippen LogP contribution is -2.48. The number of aliphatic hydroxyl groups excluding tert-OH is 1. The van der Waals surface area contributed by atoms with Crippen molar-refractivity contribution in [3.63, 3.8) is 0 Å². The third-order valence-electron chi connectivity index (χ3n) is 5.87. The summed E-state index contributed by atoms with van der Waals surface area (Å²) in [5.74, 6) is -0.0624. The molecule has 0 aromatic heterocycles. The number of benzene rings is 2. The molecule has 0 spiro atoms. The molecule has 2 aromatic rings. The molecule has 8 heteroatoms. The maximum absolute atomic E-state index is 13.6. The molecule has 2 aliphatic rings. The maximum atomic E-state index is 13.6. The Kier molecular flexibility index (Phi) is 6.73. The van der Waals surface area contributed by atoms with Crippen LogP contribution in [0.3, 0.4) is 0 Å². The third kappa shape index (κ3) is 4.46. The van der Waals surface area contributed by atoms with Crippen LogP contribution in [0.5, 0.6) is 5.75 Å². The van der Waals surface area contributed by atoms with E-state index in [1.165, 1.54) is 4.90 Å². The molecule has 0 bridgehead atoms. The number of carbonyl (C=O) groups excluding carboxylic acids is 2. The zero-order valence-corrected chi connectivity index (χ0v) is 18.5. The summed E-state index contributed by atoms with van der Waals surface area (Å²) in [6.07, 6.45) is 0. The van der Waals surface area contributed by atoms with Gasteiger partial charge in [-0.1, -0.05) is 12.1 Å². The Labute approximate surface area is 192 Å². The number of hydrogen-bond acceptors (Lipinski definition) is 7. The van der Waals surface area contributed by atoms with Crippen LogP contribution in [0.25, 0.3) is 5.57 Å². The molecule has 0 saturated carbocycles. The minimum absolute atomic E-state index is 0.0873. The van der Waals surface area contributed by atoms with Crippen molar-refractivity contribution >= 4 is 23.1 Å². The molecule has 170 valence electrons. The van der Waals surface area contributed by atoms with Crippen molar-refractivity contribution in [1.29, 1.82) is 5.26 Å². The van der Waals surface area contributed by atoms with Gasteiger partial charge in [0.1, 0.15) is 11.4 Å². The molecule has 0 unspecified atom stereocenters. The van der Waals surface area contributed by atoms with E-state index in [4.69, 9.17) is 10.00 Å². The maximum Gasteiger partial charge on any atom is 0.282 e. The summed E-state index contributed by atoms with van der Waals surface area (Å²) in [6, 6.07) is 15.7. The number of hydrogen-bond donors (Lipinski definition) is 1.